The summed E-state index contributed by atoms with van der Waals surface area (Å²) in [6.45, 7) is 1.94. The first kappa shape index (κ1) is 11.8. The monoisotopic (exact) mass is 265 g/mol. The number of rotatable bonds is 3. The molecule has 0 spiro atoms. The lowest BCUT2D eigenvalue weighted by molar-refractivity contribution is 0.0944. The Labute approximate surface area is 98.2 Å². The number of hydrogen-bond donors (Lipinski definition) is 1. The van der Waals surface area contributed by atoms with Crippen LogP contribution in [0.1, 0.15) is 23.7 Å². The van der Waals surface area contributed by atoms with Gasteiger partial charge in [-0.05, 0) is 34.5 Å². The van der Waals surface area contributed by atoms with Crippen LogP contribution in [0.3, 0.4) is 0 Å². The van der Waals surface area contributed by atoms with E-state index in [2.05, 4.69) is 27.2 Å². The van der Waals surface area contributed by atoms with Gasteiger partial charge in [0.1, 0.15) is 0 Å². The summed E-state index contributed by atoms with van der Waals surface area (Å²) in [5.41, 5.74) is 0.603. The molecule has 1 aromatic carbocycles. The Morgan fingerprint density at radius 2 is 2.27 bits per heavy atom. The van der Waals surface area contributed by atoms with Crippen LogP contribution in [0.15, 0.2) is 28.7 Å². The van der Waals surface area contributed by atoms with E-state index in [9.17, 15) is 4.79 Å². The zero-order valence-corrected chi connectivity index (χ0v) is 10.0. The summed E-state index contributed by atoms with van der Waals surface area (Å²) in [5.74, 6) is 2.38. The van der Waals surface area contributed by atoms with Gasteiger partial charge in [0.15, 0.2) is 0 Å². The predicted molar refractivity (Wildman–Crippen MR) is 64.5 cm³/mol. The molecule has 0 radical (unpaired) electrons. The molecule has 0 aliphatic heterocycles. The Bertz CT molecular complexity index is 395. The van der Waals surface area contributed by atoms with Crippen LogP contribution in [0.25, 0.3) is 0 Å². The largest absolute Gasteiger partial charge is 0.338 e. The highest BCUT2D eigenvalue weighted by atomic mass is 79.9. The van der Waals surface area contributed by atoms with Gasteiger partial charge in [0, 0.05) is 4.47 Å². The van der Waals surface area contributed by atoms with Crippen molar-refractivity contribution >= 4 is 21.8 Å². The molecule has 0 bridgehead atoms. The topological polar surface area (TPSA) is 29.1 Å². The van der Waals surface area contributed by atoms with E-state index in [-0.39, 0.29) is 11.9 Å². The summed E-state index contributed by atoms with van der Waals surface area (Å²) in [4.78, 5) is 11.8. The number of halogens is 1. The Morgan fingerprint density at radius 1 is 1.60 bits per heavy atom. The van der Waals surface area contributed by atoms with Crippen molar-refractivity contribution < 1.29 is 4.79 Å². The molecule has 15 heavy (non-hydrogen) atoms. The van der Waals surface area contributed by atoms with Gasteiger partial charge in [0.05, 0.1) is 11.6 Å². The first-order valence-corrected chi connectivity index (χ1v) is 5.49. The number of benzene rings is 1. The first-order valence-electron chi connectivity index (χ1n) is 4.70. The van der Waals surface area contributed by atoms with Crippen molar-refractivity contribution in [2.24, 2.45) is 0 Å². The third-order valence-corrected chi connectivity index (χ3v) is 2.72. The summed E-state index contributed by atoms with van der Waals surface area (Å²) in [7, 11) is 0. The summed E-state index contributed by atoms with van der Waals surface area (Å²) in [6, 6.07) is 7.05. The van der Waals surface area contributed by atoms with Crippen LogP contribution in [0, 0.1) is 12.3 Å². The van der Waals surface area contributed by atoms with Gasteiger partial charge in [-0.3, -0.25) is 4.79 Å². The van der Waals surface area contributed by atoms with E-state index in [1.807, 2.05) is 25.1 Å². The van der Waals surface area contributed by atoms with E-state index >= 15 is 0 Å². The SMILES string of the molecule is C#CC(CC)NC(=O)c1ccccc1Br. The van der Waals surface area contributed by atoms with Gasteiger partial charge in [-0.15, -0.1) is 6.42 Å². The van der Waals surface area contributed by atoms with Gasteiger partial charge < -0.3 is 5.32 Å². The average Bonchev–Trinajstić information content (AvgIpc) is 2.26. The molecule has 0 saturated carbocycles. The molecule has 0 aliphatic rings. The van der Waals surface area contributed by atoms with E-state index < -0.39 is 0 Å². The van der Waals surface area contributed by atoms with Crippen LogP contribution < -0.4 is 5.32 Å². The first-order chi connectivity index (χ1) is 7.19. The quantitative estimate of drug-likeness (QED) is 0.837. The maximum Gasteiger partial charge on any atom is 0.253 e. The van der Waals surface area contributed by atoms with Crippen LogP contribution >= 0.6 is 15.9 Å². The minimum absolute atomic E-state index is 0.146. The van der Waals surface area contributed by atoms with Gasteiger partial charge in [0.25, 0.3) is 5.91 Å². The standard InChI is InChI=1S/C12H12BrNO/c1-3-9(4-2)14-12(15)10-7-5-6-8-11(10)13/h1,5-9H,4H2,2H3,(H,14,15). The molecule has 78 valence electrons. The maximum atomic E-state index is 11.8. The molecule has 1 unspecified atom stereocenters. The molecular formula is C12H12BrNO. The van der Waals surface area contributed by atoms with Crippen molar-refractivity contribution in [1.82, 2.24) is 5.32 Å². The molecule has 0 aromatic heterocycles. The number of nitrogens with one attached hydrogen (secondary N) is 1. The van der Waals surface area contributed by atoms with E-state index in [4.69, 9.17) is 6.42 Å². The third-order valence-electron chi connectivity index (χ3n) is 2.03. The van der Waals surface area contributed by atoms with Crippen molar-refractivity contribution in [1.29, 1.82) is 0 Å². The smallest absolute Gasteiger partial charge is 0.253 e. The van der Waals surface area contributed by atoms with Crippen LogP contribution in [-0.4, -0.2) is 11.9 Å². The molecule has 1 rings (SSSR count). The lowest BCUT2D eigenvalue weighted by atomic mass is 10.2. The van der Waals surface area contributed by atoms with Crippen molar-refractivity contribution in [2.75, 3.05) is 0 Å². The molecule has 1 amide bonds. The van der Waals surface area contributed by atoms with E-state index in [1.54, 1.807) is 6.07 Å². The highest BCUT2D eigenvalue weighted by Crippen LogP contribution is 2.15. The van der Waals surface area contributed by atoms with Crippen molar-refractivity contribution in [3.63, 3.8) is 0 Å². The molecule has 1 aromatic rings. The maximum absolute atomic E-state index is 11.8. The lowest BCUT2D eigenvalue weighted by Gasteiger charge is -2.11. The molecule has 0 heterocycles. The van der Waals surface area contributed by atoms with Gasteiger partial charge in [-0.1, -0.05) is 25.0 Å². The molecule has 0 aliphatic carbocycles. The molecule has 2 nitrogen and oxygen atoms in total. The highest BCUT2D eigenvalue weighted by molar-refractivity contribution is 9.10. The number of terminal acetylenes is 1. The fourth-order valence-corrected chi connectivity index (χ4v) is 1.61. The Morgan fingerprint density at radius 3 is 2.80 bits per heavy atom. The number of amides is 1. The third kappa shape index (κ3) is 3.10. The summed E-state index contributed by atoms with van der Waals surface area (Å²) in [5, 5.41) is 2.77. The van der Waals surface area contributed by atoms with Gasteiger partial charge in [-0.25, -0.2) is 0 Å². The number of hydrogen-bond acceptors (Lipinski definition) is 1. The normalized spacial score (nSPS) is 11.5. The number of carbonyl (C=O) groups excluding carboxylic acids is 1. The molecular weight excluding hydrogens is 254 g/mol. The Balaban J connectivity index is 2.79. The number of carbonyl (C=O) groups is 1. The predicted octanol–water partition coefficient (Wildman–Crippen LogP) is 2.59. The molecule has 0 fully saturated rings. The second-order valence-corrected chi connectivity index (χ2v) is 3.94. The molecule has 0 saturated heterocycles. The van der Waals surface area contributed by atoms with Crippen LogP contribution in [0.5, 0.6) is 0 Å². The zero-order valence-electron chi connectivity index (χ0n) is 8.46. The Hall–Kier alpha value is -1.27. The lowest BCUT2D eigenvalue weighted by Crippen LogP contribution is -2.33. The van der Waals surface area contributed by atoms with Crippen molar-refractivity contribution in [2.45, 2.75) is 19.4 Å². The van der Waals surface area contributed by atoms with Crippen LogP contribution in [0.2, 0.25) is 0 Å². The van der Waals surface area contributed by atoms with Crippen molar-refractivity contribution in [3.8, 4) is 12.3 Å². The minimum atomic E-state index is -0.204. The molecule has 3 heteroatoms. The van der Waals surface area contributed by atoms with Gasteiger partial charge in [-0.2, -0.15) is 0 Å². The van der Waals surface area contributed by atoms with Crippen molar-refractivity contribution in [3.05, 3.63) is 34.3 Å². The molecule has 1 atom stereocenters. The van der Waals surface area contributed by atoms with Crippen LogP contribution in [-0.2, 0) is 0 Å². The van der Waals surface area contributed by atoms with E-state index in [1.165, 1.54) is 0 Å². The summed E-state index contributed by atoms with van der Waals surface area (Å²) in [6.07, 6.45) is 6.00. The summed E-state index contributed by atoms with van der Waals surface area (Å²) >= 11 is 3.32. The summed E-state index contributed by atoms with van der Waals surface area (Å²) < 4.78 is 0.773. The second-order valence-electron chi connectivity index (χ2n) is 3.08. The zero-order chi connectivity index (χ0) is 11.3. The second kappa shape index (κ2) is 5.57. The molecule has 1 N–H and O–H groups in total. The highest BCUT2D eigenvalue weighted by Gasteiger charge is 2.11. The van der Waals surface area contributed by atoms with Gasteiger partial charge >= 0.3 is 0 Å². The van der Waals surface area contributed by atoms with E-state index in [0.717, 1.165) is 10.9 Å². The average molecular weight is 266 g/mol. The Kier molecular flexibility index (Phi) is 4.38. The fourth-order valence-electron chi connectivity index (χ4n) is 1.14. The van der Waals surface area contributed by atoms with E-state index in [0.29, 0.717) is 5.56 Å². The minimum Gasteiger partial charge on any atom is -0.338 e. The van der Waals surface area contributed by atoms with Crippen LogP contribution in [0.4, 0.5) is 0 Å². The van der Waals surface area contributed by atoms with Gasteiger partial charge in [0.2, 0.25) is 0 Å². The fraction of sp³-hybridized carbons (Fsp3) is 0.250.